The Morgan fingerprint density at radius 3 is 2.81 bits per heavy atom. The molecular weight excluding hydrogens is 408 g/mol. The molecule has 0 fully saturated rings. The molecule has 148 valence electrons. The third-order valence-corrected chi connectivity index (χ3v) is 4.49. The maximum Gasteiger partial charge on any atom is 0.194 e. The van der Waals surface area contributed by atoms with Crippen molar-refractivity contribution in [1.29, 1.82) is 0 Å². The maximum absolute atomic E-state index is 10.2. The number of aliphatic hydroxyl groups is 1. The highest BCUT2D eigenvalue weighted by Gasteiger charge is 2.11. The van der Waals surface area contributed by atoms with E-state index in [1.165, 1.54) is 5.69 Å². The topological polar surface area (TPSA) is 62.0 Å². The Kier molecular flexibility index (Phi) is 8.19. The number of guanidine groups is 1. The second-order valence-corrected chi connectivity index (χ2v) is 7.51. The summed E-state index contributed by atoms with van der Waals surface area (Å²) in [6.07, 6.45) is 1.36. The molecule has 2 aromatic rings. The van der Waals surface area contributed by atoms with Crippen LogP contribution in [0.4, 0.5) is 0 Å². The Morgan fingerprint density at radius 1 is 1.41 bits per heavy atom. The predicted molar refractivity (Wildman–Crippen MR) is 113 cm³/mol. The number of benzene rings is 1. The minimum atomic E-state index is -0.670. The van der Waals surface area contributed by atoms with Crippen molar-refractivity contribution in [1.82, 2.24) is 14.8 Å². The van der Waals surface area contributed by atoms with E-state index in [0.29, 0.717) is 6.54 Å². The van der Waals surface area contributed by atoms with Crippen LogP contribution in [-0.4, -0.2) is 53.4 Å². The molecule has 7 heteroatoms. The molecule has 2 N–H and O–H groups in total. The Labute approximate surface area is 170 Å². The first-order valence-electron chi connectivity index (χ1n) is 9.06. The number of aromatic nitrogens is 1. The van der Waals surface area contributed by atoms with Gasteiger partial charge in [-0.2, -0.15) is 0 Å². The number of aliphatic hydroxyl groups excluding tert-OH is 1. The second kappa shape index (κ2) is 10.4. The van der Waals surface area contributed by atoms with E-state index in [0.717, 1.165) is 28.3 Å². The normalized spacial score (nSPS) is 12.7. The van der Waals surface area contributed by atoms with E-state index in [9.17, 15) is 5.11 Å². The van der Waals surface area contributed by atoms with Crippen LogP contribution < -0.4 is 10.1 Å². The number of hydrogen-bond acceptors (Lipinski definition) is 3. The Morgan fingerprint density at radius 2 is 2.19 bits per heavy atom. The van der Waals surface area contributed by atoms with Crippen molar-refractivity contribution < 1.29 is 9.84 Å². The molecule has 1 aromatic heterocycles. The molecule has 0 spiro atoms. The molecule has 0 aliphatic rings. The zero-order valence-corrected chi connectivity index (χ0v) is 18.0. The van der Waals surface area contributed by atoms with Gasteiger partial charge in [-0.15, -0.1) is 0 Å². The number of hydrogen-bond donors (Lipinski definition) is 2. The number of rotatable bonds is 8. The standard InChI is InChI=1S/C20H29BrN4O2/c1-5-22-20(25(4)13-17-10-16(21)12-24(17)3)23-11-18(26)14-27-19-8-6-7-15(2)9-19/h6-10,12,18,26H,5,11,13-14H2,1-4H3,(H,22,23). The van der Waals surface area contributed by atoms with Gasteiger partial charge in [-0.1, -0.05) is 12.1 Å². The van der Waals surface area contributed by atoms with Gasteiger partial charge in [0.15, 0.2) is 5.96 Å². The Hall–Kier alpha value is -1.99. The number of halogens is 1. The summed E-state index contributed by atoms with van der Waals surface area (Å²) in [6.45, 7) is 5.99. The average Bonchev–Trinajstić information content (AvgIpc) is 2.93. The van der Waals surface area contributed by atoms with Crippen LogP contribution >= 0.6 is 15.9 Å². The van der Waals surface area contributed by atoms with Gasteiger partial charge in [-0.05, 0) is 53.5 Å². The summed E-state index contributed by atoms with van der Waals surface area (Å²) in [5.41, 5.74) is 2.29. The minimum absolute atomic E-state index is 0.209. The molecule has 0 aliphatic heterocycles. The van der Waals surface area contributed by atoms with Crippen molar-refractivity contribution in [2.45, 2.75) is 26.5 Å². The summed E-state index contributed by atoms with van der Waals surface area (Å²) in [5.74, 6) is 1.51. The molecule has 0 amide bonds. The van der Waals surface area contributed by atoms with Gasteiger partial charge in [0.2, 0.25) is 0 Å². The summed E-state index contributed by atoms with van der Waals surface area (Å²) in [5, 5.41) is 13.5. The molecular formula is C20H29BrN4O2. The van der Waals surface area contributed by atoms with E-state index in [-0.39, 0.29) is 13.2 Å². The number of nitrogens with one attached hydrogen (secondary N) is 1. The van der Waals surface area contributed by atoms with E-state index in [4.69, 9.17) is 4.74 Å². The van der Waals surface area contributed by atoms with Crippen LogP contribution in [0.25, 0.3) is 0 Å². The smallest absolute Gasteiger partial charge is 0.194 e. The third kappa shape index (κ3) is 6.92. The molecule has 1 aromatic carbocycles. The Balaban J connectivity index is 1.91. The molecule has 0 saturated carbocycles. The van der Waals surface area contributed by atoms with E-state index < -0.39 is 6.10 Å². The van der Waals surface area contributed by atoms with Crippen LogP contribution in [0.15, 0.2) is 46.0 Å². The van der Waals surface area contributed by atoms with Crippen LogP contribution in [0.5, 0.6) is 5.75 Å². The van der Waals surface area contributed by atoms with Crippen LogP contribution in [0.3, 0.4) is 0 Å². The van der Waals surface area contributed by atoms with Crippen LogP contribution in [0.1, 0.15) is 18.2 Å². The van der Waals surface area contributed by atoms with Crippen molar-refractivity contribution in [3.63, 3.8) is 0 Å². The van der Waals surface area contributed by atoms with Crippen molar-refractivity contribution in [2.75, 3.05) is 26.7 Å². The monoisotopic (exact) mass is 436 g/mol. The van der Waals surface area contributed by atoms with Crippen LogP contribution in [0.2, 0.25) is 0 Å². The number of nitrogens with zero attached hydrogens (tertiary/aromatic N) is 3. The quantitative estimate of drug-likeness (QED) is 0.493. The third-order valence-electron chi connectivity index (χ3n) is 4.05. The molecule has 2 rings (SSSR count). The highest BCUT2D eigenvalue weighted by atomic mass is 79.9. The fraction of sp³-hybridized carbons (Fsp3) is 0.450. The zero-order chi connectivity index (χ0) is 19.8. The summed E-state index contributed by atoms with van der Waals surface area (Å²) in [4.78, 5) is 6.60. The Bertz CT molecular complexity index is 760. The van der Waals surface area contributed by atoms with E-state index in [1.807, 2.05) is 63.3 Å². The van der Waals surface area contributed by atoms with Gasteiger partial charge >= 0.3 is 0 Å². The highest BCUT2D eigenvalue weighted by Crippen LogP contribution is 2.15. The maximum atomic E-state index is 10.2. The first-order valence-corrected chi connectivity index (χ1v) is 9.86. The molecule has 0 bridgehead atoms. The SMILES string of the molecule is CCNC(=NCC(O)COc1cccc(C)c1)N(C)Cc1cc(Br)cn1C. The number of aliphatic imine (C=N–C) groups is 1. The number of ether oxygens (including phenoxy) is 1. The predicted octanol–water partition coefficient (Wildman–Crippen LogP) is 2.93. The average molecular weight is 437 g/mol. The van der Waals surface area contributed by atoms with Gasteiger partial charge in [-0.25, -0.2) is 0 Å². The molecule has 1 atom stereocenters. The summed E-state index contributed by atoms with van der Waals surface area (Å²) in [7, 11) is 4.00. The van der Waals surface area contributed by atoms with Crippen molar-refractivity contribution in [3.05, 3.63) is 52.3 Å². The lowest BCUT2D eigenvalue weighted by Crippen LogP contribution is -2.39. The molecule has 0 radical (unpaired) electrons. The first kappa shape index (κ1) is 21.3. The van der Waals surface area contributed by atoms with Crippen LogP contribution in [0, 0.1) is 6.92 Å². The lowest BCUT2D eigenvalue weighted by molar-refractivity contribution is 0.114. The van der Waals surface area contributed by atoms with Crippen molar-refractivity contribution in [2.24, 2.45) is 12.0 Å². The van der Waals surface area contributed by atoms with Gasteiger partial charge in [-0.3, -0.25) is 4.99 Å². The van der Waals surface area contributed by atoms with E-state index >= 15 is 0 Å². The minimum Gasteiger partial charge on any atom is -0.491 e. The van der Waals surface area contributed by atoms with E-state index in [1.54, 1.807) is 0 Å². The summed E-state index contributed by atoms with van der Waals surface area (Å²) >= 11 is 3.50. The van der Waals surface area contributed by atoms with Gasteiger partial charge in [0, 0.05) is 37.0 Å². The highest BCUT2D eigenvalue weighted by molar-refractivity contribution is 9.10. The number of aryl methyl sites for hydroxylation is 2. The van der Waals surface area contributed by atoms with Crippen molar-refractivity contribution in [3.8, 4) is 5.75 Å². The lowest BCUT2D eigenvalue weighted by atomic mass is 10.2. The van der Waals surface area contributed by atoms with Crippen molar-refractivity contribution >= 4 is 21.9 Å². The molecule has 1 heterocycles. The zero-order valence-electron chi connectivity index (χ0n) is 16.4. The molecule has 0 aliphatic carbocycles. The molecule has 27 heavy (non-hydrogen) atoms. The molecule has 1 unspecified atom stereocenters. The fourth-order valence-electron chi connectivity index (χ4n) is 2.65. The van der Waals surface area contributed by atoms with E-state index in [2.05, 4.69) is 36.9 Å². The molecule has 6 nitrogen and oxygen atoms in total. The van der Waals surface area contributed by atoms with Crippen LogP contribution in [-0.2, 0) is 13.6 Å². The van der Waals surface area contributed by atoms with Gasteiger partial charge < -0.3 is 24.6 Å². The first-order chi connectivity index (χ1) is 12.9. The second-order valence-electron chi connectivity index (χ2n) is 6.59. The van der Waals surface area contributed by atoms with Gasteiger partial charge in [0.25, 0.3) is 0 Å². The van der Waals surface area contributed by atoms with Gasteiger partial charge in [0.1, 0.15) is 18.5 Å². The largest absolute Gasteiger partial charge is 0.491 e. The lowest BCUT2D eigenvalue weighted by Gasteiger charge is -2.23. The fourth-order valence-corrected chi connectivity index (χ4v) is 3.22. The summed E-state index contributed by atoms with van der Waals surface area (Å²) in [6, 6.07) is 9.88. The molecule has 0 saturated heterocycles. The summed E-state index contributed by atoms with van der Waals surface area (Å²) < 4.78 is 8.79. The van der Waals surface area contributed by atoms with Gasteiger partial charge in [0.05, 0.1) is 13.1 Å².